The molecule has 1 unspecified atom stereocenters. The fourth-order valence-electron chi connectivity index (χ4n) is 2.53. The second kappa shape index (κ2) is 8.39. The van der Waals surface area contributed by atoms with Crippen LogP contribution in [0.3, 0.4) is 0 Å². The highest BCUT2D eigenvalue weighted by Crippen LogP contribution is 2.24. The number of methoxy groups -OCH3 is 1. The summed E-state index contributed by atoms with van der Waals surface area (Å²) < 4.78 is 5.16. The molecule has 6 nitrogen and oxygen atoms in total. The molecule has 1 aromatic carbocycles. The molecule has 1 atom stereocenters. The number of nitrogens with one attached hydrogen (secondary N) is 1. The average Bonchev–Trinajstić information content (AvgIpc) is 2.62. The number of ether oxygens (including phenoxy) is 1. The third kappa shape index (κ3) is 4.64. The van der Waals surface area contributed by atoms with Gasteiger partial charge in [0.15, 0.2) is 0 Å². The lowest BCUT2D eigenvalue weighted by molar-refractivity contribution is 0.0314. The summed E-state index contributed by atoms with van der Waals surface area (Å²) in [5.74, 6) is 1.13. The SMILES string of the molecule is C=CCC(O)(CC=C)C(C)Nc1nncc(-c2ccc(OC)cc2)n1. The minimum absolute atomic E-state index is 0.309. The van der Waals surface area contributed by atoms with Crippen molar-refractivity contribution in [2.45, 2.75) is 31.4 Å². The Balaban J connectivity index is 2.19. The number of benzene rings is 1. The zero-order chi connectivity index (χ0) is 18.3. The van der Waals surface area contributed by atoms with E-state index in [-0.39, 0.29) is 6.04 Å². The fourth-order valence-corrected chi connectivity index (χ4v) is 2.53. The van der Waals surface area contributed by atoms with Crippen LogP contribution in [0.15, 0.2) is 55.8 Å². The van der Waals surface area contributed by atoms with Crippen LogP contribution in [0.1, 0.15) is 19.8 Å². The van der Waals surface area contributed by atoms with Gasteiger partial charge in [0.05, 0.1) is 30.6 Å². The molecule has 0 saturated carbocycles. The van der Waals surface area contributed by atoms with Crippen molar-refractivity contribution in [3.63, 3.8) is 0 Å². The first kappa shape index (κ1) is 18.6. The topological polar surface area (TPSA) is 80.2 Å². The Morgan fingerprint density at radius 1 is 1.24 bits per heavy atom. The standard InChI is InChI=1S/C19H24N4O2/c1-5-11-19(24,12-6-2)14(3)21-18-22-17(13-20-23-18)15-7-9-16(25-4)10-8-15/h5-10,13-14,24H,1-2,11-12H2,3-4H3,(H,21,22,23). The lowest BCUT2D eigenvalue weighted by atomic mass is 9.88. The van der Waals surface area contributed by atoms with Crippen LogP contribution in [0.2, 0.25) is 0 Å². The molecule has 0 aliphatic carbocycles. The molecule has 0 spiro atoms. The molecule has 25 heavy (non-hydrogen) atoms. The first-order chi connectivity index (χ1) is 12.0. The van der Waals surface area contributed by atoms with E-state index >= 15 is 0 Å². The number of anilines is 1. The highest BCUT2D eigenvalue weighted by molar-refractivity contribution is 5.60. The lowest BCUT2D eigenvalue weighted by Crippen LogP contribution is -2.44. The Kier molecular flexibility index (Phi) is 6.25. The van der Waals surface area contributed by atoms with Crippen LogP contribution in [-0.2, 0) is 0 Å². The van der Waals surface area contributed by atoms with Crippen molar-refractivity contribution in [1.82, 2.24) is 15.2 Å². The minimum Gasteiger partial charge on any atom is -0.497 e. The average molecular weight is 340 g/mol. The summed E-state index contributed by atoms with van der Waals surface area (Å²) in [6, 6.07) is 7.22. The monoisotopic (exact) mass is 340 g/mol. The van der Waals surface area contributed by atoms with Crippen molar-refractivity contribution in [1.29, 1.82) is 0 Å². The highest BCUT2D eigenvalue weighted by atomic mass is 16.5. The minimum atomic E-state index is -1.01. The van der Waals surface area contributed by atoms with Crippen molar-refractivity contribution in [2.24, 2.45) is 0 Å². The summed E-state index contributed by atoms with van der Waals surface area (Å²) in [5, 5.41) is 21.9. The van der Waals surface area contributed by atoms with E-state index in [1.165, 1.54) is 0 Å². The molecule has 0 fully saturated rings. The van der Waals surface area contributed by atoms with Crippen molar-refractivity contribution in [2.75, 3.05) is 12.4 Å². The Labute approximate surface area is 148 Å². The van der Waals surface area contributed by atoms with E-state index in [0.717, 1.165) is 11.3 Å². The van der Waals surface area contributed by atoms with Gasteiger partial charge in [0, 0.05) is 5.56 Å². The molecule has 0 aliphatic rings. The van der Waals surface area contributed by atoms with E-state index < -0.39 is 5.60 Å². The summed E-state index contributed by atoms with van der Waals surface area (Å²) >= 11 is 0. The maximum atomic E-state index is 10.8. The molecule has 1 heterocycles. The van der Waals surface area contributed by atoms with Gasteiger partial charge in [-0.2, -0.15) is 5.10 Å². The van der Waals surface area contributed by atoms with Gasteiger partial charge in [0.2, 0.25) is 5.95 Å². The van der Waals surface area contributed by atoms with Gasteiger partial charge in [0.1, 0.15) is 5.75 Å². The van der Waals surface area contributed by atoms with E-state index in [1.807, 2.05) is 31.2 Å². The van der Waals surface area contributed by atoms with Crippen molar-refractivity contribution in [3.05, 3.63) is 55.8 Å². The molecule has 0 amide bonds. The molecule has 2 aromatic rings. The molecular formula is C19H24N4O2. The van der Waals surface area contributed by atoms with Gasteiger partial charge in [-0.25, -0.2) is 4.98 Å². The molecule has 2 N–H and O–H groups in total. The second-order valence-corrected chi connectivity index (χ2v) is 5.85. The first-order valence-electron chi connectivity index (χ1n) is 8.07. The number of aliphatic hydroxyl groups is 1. The molecule has 0 radical (unpaired) electrons. The number of nitrogens with zero attached hydrogens (tertiary/aromatic N) is 3. The van der Waals surface area contributed by atoms with Crippen LogP contribution in [0, 0.1) is 0 Å². The first-order valence-corrected chi connectivity index (χ1v) is 8.07. The van der Waals surface area contributed by atoms with E-state index in [2.05, 4.69) is 33.7 Å². The van der Waals surface area contributed by atoms with Gasteiger partial charge in [-0.3, -0.25) is 0 Å². The predicted molar refractivity (Wildman–Crippen MR) is 99.5 cm³/mol. The Morgan fingerprint density at radius 3 is 2.44 bits per heavy atom. The predicted octanol–water partition coefficient (Wildman–Crippen LogP) is 3.23. The summed E-state index contributed by atoms with van der Waals surface area (Å²) in [7, 11) is 1.62. The summed E-state index contributed by atoms with van der Waals surface area (Å²) in [5.41, 5.74) is 0.574. The molecule has 1 aromatic heterocycles. The number of hydrogen-bond acceptors (Lipinski definition) is 6. The number of aromatic nitrogens is 3. The van der Waals surface area contributed by atoms with Gasteiger partial charge < -0.3 is 15.2 Å². The maximum absolute atomic E-state index is 10.8. The molecule has 0 bridgehead atoms. The van der Waals surface area contributed by atoms with Crippen molar-refractivity contribution < 1.29 is 9.84 Å². The zero-order valence-corrected chi connectivity index (χ0v) is 14.6. The maximum Gasteiger partial charge on any atom is 0.243 e. The molecule has 0 aliphatic heterocycles. The van der Waals surface area contributed by atoms with E-state index in [0.29, 0.717) is 24.5 Å². The quantitative estimate of drug-likeness (QED) is 0.682. The number of rotatable bonds is 9. The van der Waals surface area contributed by atoms with Gasteiger partial charge in [0.25, 0.3) is 0 Å². The van der Waals surface area contributed by atoms with Gasteiger partial charge >= 0.3 is 0 Å². The smallest absolute Gasteiger partial charge is 0.243 e. The second-order valence-electron chi connectivity index (χ2n) is 5.85. The molecule has 0 saturated heterocycles. The van der Waals surface area contributed by atoms with Crippen molar-refractivity contribution >= 4 is 5.95 Å². The van der Waals surface area contributed by atoms with Crippen LogP contribution < -0.4 is 10.1 Å². The third-order valence-corrected chi connectivity index (χ3v) is 4.09. The van der Waals surface area contributed by atoms with Gasteiger partial charge in [-0.1, -0.05) is 12.2 Å². The molecular weight excluding hydrogens is 316 g/mol. The number of hydrogen-bond donors (Lipinski definition) is 2. The van der Waals surface area contributed by atoms with E-state index in [1.54, 1.807) is 25.5 Å². The Bertz CT molecular complexity index is 706. The van der Waals surface area contributed by atoms with Crippen LogP contribution in [-0.4, -0.2) is 39.0 Å². The Hall–Kier alpha value is -2.73. The largest absolute Gasteiger partial charge is 0.497 e. The summed E-state index contributed by atoms with van der Waals surface area (Å²) in [4.78, 5) is 4.48. The zero-order valence-electron chi connectivity index (χ0n) is 14.6. The van der Waals surface area contributed by atoms with E-state index in [4.69, 9.17) is 4.74 Å². The summed E-state index contributed by atoms with van der Waals surface area (Å²) in [6.07, 6.45) is 5.83. The third-order valence-electron chi connectivity index (χ3n) is 4.09. The normalized spacial score (nSPS) is 12.3. The lowest BCUT2D eigenvalue weighted by Gasteiger charge is -2.33. The van der Waals surface area contributed by atoms with Crippen LogP contribution in [0.5, 0.6) is 5.75 Å². The van der Waals surface area contributed by atoms with E-state index in [9.17, 15) is 5.11 Å². The fraction of sp³-hybridized carbons (Fsp3) is 0.316. The van der Waals surface area contributed by atoms with Gasteiger partial charge in [-0.15, -0.1) is 18.3 Å². The summed E-state index contributed by atoms with van der Waals surface area (Å²) in [6.45, 7) is 9.29. The van der Waals surface area contributed by atoms with Crippen LogP contribution in [0.4, 0.5) is 5.95 Å². The Morgan fingerprint density at radius 2 is 1.88 bits per heavy atom. The van der Waals surface area contributed by atoms with Gasteiger partial charge in [-0.05, 0) is 44.0 Å². The van der Waals surface area contributed by atoms with Crippen LogP contribution in [0.25, 0.3) is 11.3 Å². The highest BCUT2D eigenvalue weighted by Gasteiger charge is 2.31. The molecule has 2 rings (SSSR count). The van der Waals surface area contributed by atoms with Crippen molar-refractivity contribution in [3.8, 4) is 17.0 Å². The molecule has 6 heteroatoms. The van der Waals surface area contributed by atoms with Crippen LogP contribution >= 0.6 is 0 Å². The molecule has 132 valence electrons.